The number of fused-ring (bicyclic) bond motifs is 1. The Hall–Kier alpha value is -3.98. The highest BCUT2D eigenvalue weighted by Gasteiger charge is 2.36. The number of hydrogen-bond acceptors (Lipinski definition) is 7. The van der Waals surface area contributed by atoms with Crippen molar-refractivity contribution < 1.29 is 23.7 Å². The Morgan fingerprint density at radius 1 is 0.906 bits per heavy atom. The number of aromatic nitrogens is 1. The van der Waals surface area contributed by atoms with Gasteiger partial charge in [0.15, 0.2) is 5.69 Å². The quantitative estimate of drug-likeness (QED) is 0.563. The molecule has 0 saturated heterocycles. The second-order valence-corrected chi connectivity index (χ2v) is 7.91. The molecule has 1 aromatic heterocycles. The van der Waals surface area contributed by atoms with Crippen LogP contribution in [0.4, 0.5) is 11.4 Å². The van der Waals surface area contributed by atoms with Crippen molar-refractivity contribution >= 4 is 46.5 Å². The van der Waals surface area contributed by atoms with Gasteiger partial charge in [-0.15, -0.1) is 11.8 Å². The molecule has 0 aliphatic heterocycles. The average Bonchev–Trinajstić information content (AvgIpc) is 3.25. The van der Waals surface area contributed by atoms with E-state index in [9.17, 15) is 19.2 Å². The molecule has 2 amide bonds. The van der Waals surface area contributed by atoms with Gasteiger partial charge in [0.25, 0.3) is 5.91 Å². The van der Waals surface area contributed by atoms with Gasteiger partial charge in [-0.25, -0.2) is 0 Å². The first kappa shape index (κ1) is 21.3. The van der Waals surface area contributed by atoms with Crippen molar-refractivity contribution in [2.45, 2.75) is 6.42 Å². The highest BCUT2D eigenvalue weighted by atomic mass is 32.2. The Morgan fingerprint density at radius 2 is 1.53 bits per heavy atom. The molecule has 8 nitrogen and oxygen atoms in total. The summed E-state index contributed by atoms with van der Waals surface area (Å²) in [6, 6.07) is 17.6. The van der Waals surface area contributed by atoms with Gasteiger partial charge in [-0.3, -0.25) is 19.2 Å². The van der Waals surface area contributed by atoms with Crippen molar-refractivity contribution in [1.82, 2.24) is 5.16 Å². The summed E-state index contributed by atoms with van der Waals surface area (Å²) in [4.78, 5) is 50.2. The summed E-state index contributed by atoms with van der Waals surface area (Å²) < 4.78 is 4.99. The molecule has 2 N–H and O–H groups in total. The summed E-state index contributed by atoms with van der Waals surface area (Å²) >= 11 is 1.07. The number of hydrogen-bond donors (Lipinski definition) is 2. The lowest BCUT2D eigenvalue weighted by atomic mass is 9.99. The van der Waals surface area contributed by atoms with E-state index in [-0.39, 0.29) is 40.0 Å². The van der Waals surface area contributed by atoms with Crippen LogP contribution in [0.2, 0.25) is 0 Å². The fraction of sp³-hybridized carbons (Fsp3) is 0.0870. The molecule has 2 aromatic carbocycles. The summed E-state index contributed by atoms with van der Waals surface area (Å²) in [5.41, 5.74) is 0.768. The number of Topliss-reactive ketones (excluding diaryl/α,β-unsaturated/α-hetero) is 1. The number of carbonyl (C=O) groups is 4. The standard InChI is InChI=1S/C23H17N3O5S/c27-16-13-17(32-12-11-18(28)24-14-7-3-1-4-8-14)21(29)19-20(26-31-22(16)19)23(30)25-15-9-5-2-6-10-15/h1-10,13H,11-12H2,(H,24,28)(H,25,30). The molecular weight excluding hydrogens is 430 g/mol. The van der Waals surface area contributed by atoms with E-state index < -0.39 is 17.5 Å². The predicted molar refractivity (Wildman–Crippen MR) is 120 cm³/mol. The van der Waals surface area contributed by atoms with Crippen LogP contribution in [0.5, 0.6) is 0 Å². The molecule has 4 rings (SSSR count). The van der Waals surface area contributed by atoms with E-state index in [2.05, 4.69) is 15.8 Å². The zero-order chi connectivity index (χ0) is 22.5. The monoisotopic (exact) mass is 447 g/mol. The second kappa shape index (κ2) is 9.44. The van der Waals surface area contributed by atoms with E-state index in [1.165, 1.54) is 0 Å². The van der Waals surface area contributed by atoms with Crippen molar-refractivity contribution in [3.63, 3.8) is 0 Å². The molecule has 32 heavy (non-hydrogen) atoms. The first-order valence-corrected chi connectivity index (χ1v) is 10.7. The minimum absolute atomic E-state index is 0.131. The van der Waals surface area contributed by atoms with E-state index in [0.29, 0.717) is 11.4 Å². The van der Waals surface area contributed by atoms with Gasteiger partial charge in [-0.1, -0.05) is 41.6 Å². The maximum Gasteiger partial charge on any atom is 0.278 e. The highest BCUT2D eigenvalue weighted by Crippen LogP contribution is 2.31. The second-order valence-electron chi connectivity index (χ2n) is 6.77. The Kier molecular flexibility index (Phi) is 6.27. The molecule has 0 saturated carbocycles. The van der Waals surface area contributed by atoms with Crippen molar-refractivity contribution in [2.24, 2.45) is 0 Å². The fourth-order valence-electron chi connectivity index (χ4n) is 3.01. The normalized spacial score (nSPS) is 12.7. The third-order valence-corrected chi connectivity index (χ3v) is 5.54. The van der Waals surface area contributed by atoms with Gasteiger partial charge in [0.05, 0.1) is 4.91 Å². The summed E-state index contributed by atoms with van der Waals surface area (Å²) in [6.07, 6.45) is 1.28. The highest BCUT2D eigenvalue weighted by molar-refractivity contribution is 8.04. The number of anilines is 2. The van der Waals surface area contributed by atoms with Gasteiger partial charge in [0.1, 0.15) is 5.56 Å². The minimum atomic E-state index is -0.657. The molecule has 3 aromatic rings. The zero-order valence-electron chi connectivity index (χ0n) is 16.7. The van der Waals surface area contributed by atoms with Gasteiger partial charge in [-0.05, 0) is 24.3 Å². The van der Waals surface area contributed by atoms with Crippen molar-refractivity contribution in [3.05, 3.63) is 88.7 Å². The summed E-state index contributed by atoms with van der Waals surface area (Å²) in [5, 5.41) is 9.03. The maximum absolute atomic E-state index is 12.9. The van der Waals surface area contributed by atoms with Gasteiger partial charge >= 0.3 is 0 Å². The minimum Gasteiger partial charge on any atom is -0.351 e. The third kappa shape index (κ3) is 4.68. The van der Waals surface area contributed by atoms with E-state index in [0.717, 1.165) is 17.8 Å². The number of para-hydroxylation sites is 2. The van der Waals surface area contributed by atoms with E-state index in [1.807, 2.05) is 18.2 Å². The number of allylic oxidation sites excluding steroid dienone is 2. The molecule has 0 spiro atoms. The number of carbonyl (C=O) groups excluding carboxylic acids is 4. The maximum atomic E-state index is 12.9. The first-order valence-electron chi connectivity index (χ1n) is 9.67. The summed E-state index contributed by atoms with van der Waals surface area (Å²) in [5.74, 6) is -1.95. The lowest BCUT2D eigenvalue weighted by molar-refractivity contribution is -0.115. The number of thioether (sulfide) groups is 1. The molecular formula is C23H17N3O5S. The molecule has 0 fully saturated rings. The largest absolute Gasteiger partial charge is 0.351 e. The third-order valence-electron chi connectivity index (χ3n) is 4.52. The van der Waals surface area contributed by atoms with E-state index in [1.54, 1.807) is 42.5 Å². The van der Waals surface area contributed by atoms with Gasteiger partial charge in [0, 0.05) is 29.6 Å². The van der Waals surface area contributed by atoms with E-state index in [4.69, 9.17) is 4.52 Å². The molecule has 9 heteroatoms. The van der Waals surface area contributed by atoms with Crippen LogP contribution in [0.15, 0.2) is 76.2 Å². The Labute approximate surface area is 187 Å². The predicted octanol–water partition coefficient (Wildman–Crippen LogP) is 3.95. The number of ketones is 2. The smallest absolute Gasteiger partial charge is 0.278 e. The number of rotatable bonds is 7. The van der Waals surface area contributed by atoms with Crippen molar-refractivity contribution in [2.75, 3.05) is 16.4 Å². The van der Waals surface area contributed by atoms with Crippen LogP contribution in [0.25, 0.3) is 0 Å². The van der Waals surface area contributed by atoms with Crippen LogP contribution in [0.1, 0.15) is 37.8 Å². The molecule has 160 valence electrons. The SMILES string of the molecule is O=C(CCSC1=CC(=O)c2onc(C(=O)Nc3ccccc3)c2C1=O)Nc1ccccc1. The lowest BCUT2D eigenvalue weighted by Gasteiger charge is -2.11. The van der Waals surface area contributed by atoms with Crippen LogP contribution in [-0.2, 0) is 4.79 Å². The number of amides is 2. The van der Waals surface area contributed by atoms with Gasteiger partial charge in [-0.2, -0.15) is 0 Å². The van der Waals surface area contributed by atoms with Crippen molar-refractivity contribution in [3.8, 4) is 0 Å². The molecule has 0 unspecified atom stereocenters. The summed E-state index contributed by atoms with van der Waals surface area (Å²) in [6.45, 7) is 0. The molecule has 1 aliphatic carbocycles. The molecule has 1 aliphatic rings. The van der Waals surface area contributed by atoms with Crippen LogP contribution in [0.3, 0.4) is 0 Å². The number of nitrogens with zero attached hydrogens (tertiary/aromatic N) is 1. The summed E-state index contributed by atoms with van der Waals surface area (Å²) in [7, 11) is 0. The Bertz CT molecular complexity index is 1220. The Balaban J connectivity index is 1.41. The van der Waals surface area contributed by atoms with Crippen LogP contribution < -0.4 is 10.6 Å². The van der Waals surface area contributed by atoms with Gasteiger partial charge in [0.2, 0.25) is 23.2 Å². The van der Waals surface area contributed by atoms with Gasteiger partial charge < -0.3 is 15.2 Å². The fourth-order valence-corrected chi connectivity index (χ4v) is 3.95. The first-order chi connectivity index (χ1) is 15.5. The topological polar surface area (TPSA) is 118 Å². The molecule has 0 radical (unpaired) electrons. The molecule has 1 heterocycles. The molecule has 0 atom stereocenters. The zero-order valence-corrected chi connectivity index (χ0v) is 17.5. The number of nitrogens with one attached hydrogen (secondary N) is 2. The average molecular weight is 447 g/mol. The number of benzene rings is 2. The van der Waals surface area contributed by atoms with Crippen LogP contribution in [0, 0.1) is 0 Å². The van der Waals surface area contributed by atoms with Crippen LogP contribution in [-0.4, -0.2) is 34.3 Å². The van der Waals surface area contributed by atoms with Crippen LogP contribution >= 0.6 is 11.8 Å². The van der Waals surface area contributed by atoms with E-state index >= 15 is 0 Å². The Morgan fingerprint density at radius 3 is 2.19 bits per heavy atom. The molecule has 0 bridgehead atoms. The van der Waals surface area contributed by atoms with Crippen molar-refractivity contribution in [1.29, 1.82) is 0 Å². The lowest BCUT2D eigenvalue weighted by Crippen LogP contribution is -2.21.